The number of benzene rings is 1. The van der Waals surface area contributed by atoms with Gasteiger partial charge in [0.25, 0.3) is 0 Å². The largest absolute Gasteiger partial charge is 0.466 e. The van der Waals surface area contributed by atoms with Crippen LogP contribution in [0.4, 0.5) is 0 Å². The number of hydrogen-bond acceptors (Lipinski definition) is 3. The first kappa shape index (κ1) is 15.5. The van der Waals surface area contributed by atoms with E-state index in [1.807, 2.05) is 18.2 Å². The minimum absolute atomic E-state index is 0.100. The van der Waals surface area contributed by atoms with Crippen molar-refractivity contribution in [1.29, 1.82) is 0 Å². The molecule has 4 nitrogen and oxygen atoms in total. The molecule has 0 heterocycles. The van der Waals surface area contributed by atoms with E-state index in [1.165, 1.54) is 0 Å². The number of hydrogen-bond donors (Lipinski definition) is 1. The van der Waals surface area contributed by atoms with Crippen LogP contribution in [-0.4, -0.2) is 25.0 Å². The van der Waals surface area contributed by atoms with E-state index >= 15 is 0 Å². The lowest BCUT2D eigenvalue weighted by atomic mass is 10.1. The predicted octanol–water partition coefficient (Wildman–Crippen LogP) is 2.34. The average Bonchev–Trinajstić information content (AvgIpc) is 2.38. The highest BCUT2D eigenvalue weighted by Gasteiger charge is 2.06. The van der Waals surface area contributed by atoms with Crippen LogP contribution in [-0.2, 0) is 20.7 Å². The fourth-order valence-corrected chi connectivity index (χ4v) is 1.77. The first-order valence-corrected chi connectivity index (χ1v) is 6.67. The number of rotatable bonds is 7. The summed E-state index contributed by atoms with van der Waals surface area (Å²) >= 11 is 5.96. The number of esters is 1. The van der Waals surface area contributed by atoms with E-state index < -0.39 is 0 Å². The highest BCUT2D eigenvalue weighted by atomic mass is 35.5. The molecule has 0 aromatic heterocycles. The summed E-state index contributed by atoms with van der Waals surface area (Å²) in [5.74, 6) is -0.334. The first-order chi connectivity index (χ1) is 9.13. The molecular weight excluding hydrogens is 266 g/mol. The minimum atomic E-state index is -0.233. The van der Waals surface area contributed by atoms with Crippen LogP contribution in [0.1, 0.15) is 25.3 Å². The lowest BCUT2D eigenvalue weighted by Crippen LogP contribution is -2.26. The molecule has 0 aliphatic carbocycles. The fourth-order valence-electron chi connectivity index (χ4n) is 1.57. The van der Waals surface area contributed by atoms with Crippen molar-refractivity contribution >= 4 is 23.5 Å². The second kappa shape index (κ2) is 8.53. The summed E-state index contributed by atoms with van der Waals surface area (Å²) in [5.41, 5.74) is 0.798. The van der Waals surface area contributed by atoms with E-state index in [2.05, 4.69) is 5.32 Å². The molecule has 0 radical (unpaired) electrons. The Balaban J connectivity index is 2.22. The van der Waals surface area contributed by atoms with Crippen LogP contribution in [0.5, 0.6) is 0 Å². The molecule has 104 valence electrons. The molecule has 5 heteroatoms. The van der Waals surface area contributed by atoms with Gasteiger partial charge in [-0.1, -0.05) is 29.8 Å². The molecule has 1 aromatic carbocycles. The van der Waals surface area contributed by atoms with Gasteiger partial charge in [0.05, 0.1) is 13.0 Å². The Bertz CT molecular complexity index is 434. The highest BCUT2D eigenvalue weighted by Crippen LogP contribution is 2.15. The number of carbonyl (C=O) groups excluding carboxylic acids is 2. The summed E-state index contributed by atoms with van der Waals surface area (Å²) in [6.07, 6.45) is 1.15. The number of nitrogens with one attached hydrogen (secondary N) is 1. The summed E-state index contributed by atoms with van der Waals surface area (Å²) in [5, 5.41) is 3.34. The molecule has 0 fully saturated rings. The Morgan fingerprint density at radius 1 is 1.32 bits per heavy atom. The van der Waals surface area contributed by atoms with Gasteiger partial charge < -0.3 is 10.1 Å². The van der Waals surface area contributed by atoms with Crippen LogP contribution in [0, 0.1) is 0 Å². The molecule has 0 spiro atoms. The summed E-state index contributed by atoms with van der Waals surface area (Å²) < 4.78 is 4.79. The van der Waals surface area contributed by atoms with Gasteiger partial charge in [0.2, 0.25) is 5.91 Å². The highest BCUT2D eigenvalue weighted by molar-refractivity contribution is 6.31. The van der Waals surface area contributed by atoms with E-state index in [-0.39, 0.29) is 18.3 Å². The lowest BCUT2D eigenvalue weighted by molar-refractivity contribution is -0.143. The van der Waals surface area contributed by atoms with Crippen molar-refractivity contribution in [2.24, 2.45) is 0 Å². The first-order valence-electron chi connectivity index (χ1n) is 6.29. The molecule has 1 N–H and O–H groups in total. The van der Waals surface area contributed by atoms with Gasteiger partial charge in [-0.15, -0.1) is 0 Å². The lowest BCUT2D eigenvalue weighted by Gasteiger charge is -2.06. The van der Waals surface area contributed by atoms with Gasteiger partial charge in [0, 0.05) is 18.0 Å². The molecule has 1 rings (SSSR count). The fraction of sp³-hybridized carbons (Fsp3) is 0.429. The number of carbonyl (C=O) groups is 2. The van der Waals surface area contributed by atoms with Crippen molar-refractivity contribution < 1.29 is 14.3 Å². The van der Waals surface area contributed by atoms with E-state index in [0.29, 0.717) is 31.0 Å². The third kappa shape index (κ3) is 6.25. The molecule has 0 aliphatic heterocycles. The van der Waals surface area contributed by atoms with Gasteiger partial charge in [-0.05, 0) is 25.0 Å². The third-order valence-corrected chi connectivity index (χ3v) is 2.86. The second-order valence-electron chi connectivity index (χ2n) is 4.03. The summed E-state index contributed by atoms with van der Waals surface area (Å²) in [4.78, 5) is 22.7. The van der Waals surface area contributed by atoms with Crippen molar-refractivity contribution in [2.75, 3.05) is 13.2 Å². The summed E-state index contributed by atoms with van der Waals surface area (Å²) in [6, 6.07) is 7.24. The second-order valence-corrected chi connectivity index (χ2v) is 4.43. The maximum atomic E-state index is 11.6. The van der Waals surface area contributed by atoms with Crippen LogP contribution < -0.4 is 5.32 Å². The Morgan fingerprint density at radius 3 is 2.74 bits per heavy atom. The Morgan fingerprint density at radius 2 is 2.05 bits per heavy atom. The van der Waals surface area contributed by atoms with Crippen LogP contribution in [0.2, 0.25) is 5.02 Å². The Hall–Kier alpha value is -1.55. The molecule has 1 amide bonds. The van der Waals surface area contributed by atoms with Crippen molar-refractivity contribution in [3.8, 4) is 0 Å². The zero-order valence-corrected chi connectivity index (χ0v) is 11.7. The SMILES string of the molecule is CCOC(=O)CCCNC(=O)Cc1ccccc1Cl. The van der Waals surface area contributed by atoms with Crippen LogP contribution in [0.15, 0.2) is 24.3 Å². The molecule has 0 saturated heterocycles. The van der Waals surface area contributed by atoms with Gasteiger partial charge >= 0.3 is 5.97 Å². The molecule has 0 bridgehead atoms. The Labute approximate surface area is 118 Å². The van der Waals surface area contributed by atoms with E-state index in [9.17, 15) is 9.59 Å². The van der Waals surface area contributed by atoms with Crippen molar-refractivity contribution in [3.05, 3.63) is 34.9 Å². The third-order valence-electron chi connectivity index (χ3n) is 2.49. The zero-order chi connectivity index (χ0) is 14.1. The molecule has 0 aliphatic rings. The number of ether oxygens (including phenoxy) is 1. The quantitative estimate of drug-likeness (QED) is 0.617. The minimum Gasteiger partial charge on any atom is -0.466 e. The standard InChI is InChI=1S/C14H18ClNO3/c1-2-19-14(18)8-5-9-16-13(17)10-11-6-3-4-7-12(11)15/h3-4,6-7H,2,5,8-10H2,1H3,(H,16,17). The molecule has 19 heavy (non-hydrogen) atoms. The van der Waals surface area contributed by atoms with Crippen LogP contribution in [0.25, 0.3) is 0 Å². The molecule has 1 aromatic rings. The smallest absolute Gasteiger partial charge is 0.305 e. The predicted molar refractivity (Wildman–Crippen MR) is 74.0 cm³/mol. The molecule has 0 saturated carbocycles. The zero-order valence-electron chi connectivity index (χ0n) is 10.9. The van der Waals surface area contributed by atoms with E-state index in [0.717, 1.165) is 5.56 Å². The van der Waals surface area contributed by atoms with E-state index in [1.54, 1.807) is 13.0 Å². The van der Waals surface area contributed by atoms with Gasteiger partial charge in [0.15, 0.2) is 0 Å². The summed E-state index contributed by atoms with van der Waals surface area (Å²) in [6.45, 7) is 2.61. The van der Waals surface area contributed by atoms with E-state index in [4.69, 9.17) is 16.3 Å². The van der Waals surface area contributed by atoms with Gasteiger partial charge in [0.1, 0.15) is 0 Å². The maximum Gasteiger partial charge on any atom is 0.305 e. The van der Waals surface area contributed by atoms with Gasteiger partial charge in [-0.25, -0.2) is 0 Å². The maximum absolute atomic E-state index is 11.6. The monoisotopic (exact) mass is 283 g/mol. The summed E-state index contributed by atoms with van der Waals surface area (Å²) in [7, 11) is 0. The topological polar surface area (TPSA) is 55.4 Å². The van der Waals surface area contributed by atoms with Gasteiger partial charge in [-0.2, -0.15) is 0 Å². The van der Waals surface area contributed by atoms with Crippen molar-refractivity contribution in [3.63, 3.8) is 0 Å². The van der Waals surface area contributed by atoms with Gasteiger partial charge in [-0.3, -0.25) is 9.59 Å². The van der Waals surface area contributed by atoms with Crippen molar-refractivity contribution in [2.45, 2.75) is 26.2 Å². The normalized spacial score (nSPS) is 10.0. The molecule has 0 unspecified atom stereocenters. The Kier molecular flexibility index (Phi) is 6.97. The molecular formula is C14H18ClNO3. The number of amides is 1. The van der Waals surface area contributed by atoms with Crippen LogP contribution >= 0.6 is 11.6 Å². The molecule has 0 atom stereocenters. The number of halogens is 1. The average molecular weight is 284 g/mol. The van der Waals surface area contributed by atoms with Crippen molar-refractivity contribution in [1.82, 2.24) is 5.32 Å². The van der Waals surface area contributed by atoms with Crippen LogP contribution in [0.3, 0.4) is 0 Å².